The van der Waals surface area contributed by atoms with E-state index in [-0.39, 0.29) is 5.97 Å². The molecule has 0 N–H and O–H groups in total. The van der Waals surface area contributed by atoms with Gasteiger partial charge < -0.3 is 4.74 Å². The number of carbonyl (C=O) groups excluding carboxylic acids is 1. The highest BCUT2D eigenvalue weighted by atomic mass is 16.5. The van der Waals surface area contributed by atoms with Crippen LogP contribution in [0, 0.1) is 18.8 Å². The third kappa shape index (κ3) is 3.61. The lowest BCUT2D eigenvalue weighted by Gasteiger charge is -2.02. The van der Waals surface area contributed by atoms with E-state index in [0.717, 1.165) is 16.8 Å². The fourth-order valence-corrected chi connectivity index (χ4v) is 2.05. The Kier molecular flexibility index (Phi) is 5.69. The van der Waals surface area contributed by atoms with Crippen molar-refractivity contribution in [2.75, 3.05) is 7.11 Å². The quantitative estimate of drug-likeness (QED) is 0.510. The van der Waals surface area contributed by atoms with Crippen LogP contribution in [0.3, 0.4) is 0 Å². The Hall–Kier alpha value is -3.13. The number of nitrogens with zero attached hydrogens (tertiary/aromatic N) is 3. The van der Waals surface area contributed by atoms with Gasteiger partial charge >= 0.3 is 5.97 Å². The van der Waals surface area contributed by atoms with E-state index in [1.165, 1.54) is 7.11 Å². The first-order chi connectivity index (χ1) is 11.7. The summed E-state index contributed by atoms with van der Waals surface area (Å²) < 4.78 is 6.40. The van der Waals surface area contributed by atoms with Crippen molar-refractivity contribution in [2.24, 2.45) is 0 Å². The van der Waals surface area contributed by atoms with E-state index < -0.39 is 0 Å². The van der Waals surface area contributed by atoms with Crippen molar-refractivity contribution in [3.05, 3.63) is 65.1 Å². The molecule has 5 heteroatoms. The predicted molar refractivity (Wildman–Crippen MR) is 92.8 cm³/mol. The number of rotatable bonds is 1. The van der Waals surface area contributed by atoms with Gasteiger partial charge in [-0.3, -0.25) is 0 Å². The molecular weight excluding hydrogens is 302 g/mol. The zero-order valence-electron chi connectivity index (χ0n) is 14.2. The first-order valence-electron chi connectivity index (χ1n) is 7.69. The highest BCUT2D eigenvalue weighted by molar-refractivity contribution is 5.89. The minimum atomic E-state index is -0.375. The molecule has 122 valence electrons. The molecule has 0 fully saturated rings. The van der Waals surface area contributed by atoms with Gasteiger partial charge in [0.2, 0.25) is 0 Å². The van der Waals surface area contributed by atoms with Crippen LogP contribution in [0.25, 0.3) is 5.65 Å². The van der Waals surface area contributed by atoms with Gasteiger partial charge in [-0.2, -0.15) is 5.10 Å². The Balaban J connectivity index is 0.00000100. The van der Waals surface area contributed by atoms with Crippen molar-refractivity contribution in [3.63, 3.8) is 0 Å². The van der Waals surface area contributed by atoms with Gasteiger partial charge in [0, 0.05) is 11.8 Å². The molecule has 0 bridgehead atoms. The Labute approximate surface area is 141 Å². The smallest absolute Gasteiger partial charge is 0.337 e. The monoisotopic (exact) mass is 321 g/mol. The summed E-state index contributed by atoms with van der Waals surface area (Å²) in [6.45, 7) is 5.94. The van der Waals surface area contributed by atoms with E-state index in [2.05, 4.69) is 21.9 Å². The minimum absolute atomic E-state index is 0.375. The molecule has 0 atom stereocenters. The molecule has 2 heterocycles. The van der Waals surface area contributed by atoms with Crippen molar-refractivity contribution in [2.45, 2.75) is 20.8 Å². The fourth-order valence-electron chi connectivity index (χ4n) is 2.05. The van der Waals surface area contributed by atoms with Gasteiger partial charge in [-0.15, -0.1) is 0 Å². The average molecular weight is 321 g/mol. The maximum atomic E-state index is 11.6. The largest absolute Gasteiger partial charge is 0.465 e. The lowest BCUT2D eigenvalue weighted by Crippen LogP contribution is -2.01. The number of benzene rings is 1. The molecule has 0 aliphatic heterocycles. The van der Waals surface area contributed by atoms with Crippen LogP contribution in [0.4, 0.5) is 0 Å². The summed E-state index contributed by atoms with van der Waals surface area (Å²) >= 11 is 0. The number of imidazole rings is 1. The lowest BCUT2D eigenvalue weighted by atomic mass is 10.1. The molecular formula is C19H19N3O2. The van der Waals surface area contributed by atoms with Gasteiger partial charge in [-0.1, -0.05) is 25.8 Å². The second-order valence-electron chi connectivity index (χ2n) is 4.71. The van der Waals surface area contributed by atoms with Crippen molar-refractivity contribution in [3.8, 4) is 11.8 Å². The summed E-state index contributed by atoms with van der Waals surface area (Å²) in [5.41, 5.74) is 3.68. The first-order valence-corrected chi connectivity index (χ1v) is 7.69. The molecule has 3 rings (SSSR count). The van der Waals surface area contributed by atoms with Gasteiger partial charge in [0.1, 0.15) is 5.69 Å². The Morgan fingerprint density at radius 1 is 1.21 bits per heavy atom. The normalized spacial score (nSPS) is 9.50. The van der Waals surface area contributed by atoms with Gasteiger partial charge in [-0.05, 0) is 42.7 Å². The van der Waals surface area contributed by atoms with Crippen LogP contribution in [-0.4, -0.2) is 27.7 Å². The van der Waals surface area contributed by atoms with Crippen LogP contribution >= 0.6 is 0 Å². The summed E-state index contributed by atoms with van der Waals surface area (Å²) in [6, 6.07) is 8.99. The highest BCUT2D eigenvalue weighted by Gasteiger charge is 2.07. The number of aryl methyl sites for hydroxylation is 1. The molecule has 0 unspecified atom stereocenters. The zero-order valence-corrected chi connectivity index (χ0v) is 14.2. The molecule has 1 aromatic carbocycles. The van der Waals surface area contributed by atoms with Crippen LogP contribution in [0.1, 0.15) is 41.0 Å². The lowest BCUT2D eigenvalue weighted by molar-refractivity contribution is 0.0600. The number of methoxy groups -OCH3 is 1. The van der Waals surface area contributed by atoms with Crippen molar-refractivity contribution in [1.29, 1.82) is 0 Å². The van der Waals surface area contributed by atoms with Crippen LogP contribution in [0.5, 0.6) is 0 Å². The number of ether oxygens (including phenoxy) is 1. The molecule has 0 radical (unpaired) electrons. The summed E-state index contributed by atoms with van der Waals surface area (Å²) in [7, 11) is 1.36. The topological polar surface area (TPSA) is 56.5 Å². The maximum Gasteiger partial charge on any atom is 0.337 e. The Bertz CT molecular complexity index is 917. The molecule has 0 saturated carbocycles. The first kappa shape index (κ1) is 17.2. The molecule has 24 heavy (non-hydrogen) atoms. The van der Waals surface area contributed by atoms with Crippen LogP contribution in [0.15, 0.2) is 42.7 Å². The predicted octanol–water partition coefficient (Wildman–Crippen LogP) is 3.25. The summed E-state index contributed by atoms with van der Waals surface area (Å²) in [5.74, 6) is 5.74. The summed E-state index contributed by atoms with van der Waals surface area (Å²) in [6.07, 6.45) is 3.36. The molecule has 3 aromatic rings. The number of fused-ring (bicyclic) bond motifs is 1. The van der Waals surface area contributed by atoms with Crippen LogP contribution in [0.2, 0.25) is 0 Å². The van der Waals surface area contributed by atoms with E-state index in [4.69, 9.17) is 4.74 Å². The molecule has 2 aromatic heterocycles. The number of aromatic nitrogens is 3. The van der Waals surface area contributed by atoms with E-state index in [1.807, 2.05) is 39.0 Å². The third-order valence-electron chi connectivity index (χ3n) is 3.26. The van der Waals surface area contributed by atoms with E-state index >= 15 is 0 Å². The number of hydrogen-bond donors (Lipinski definition) is 0. The molecule has 5 nitrogen and oxygen atoms in total. The van der Waals surface area contributed by atoms with Gasteiger partial charge in [0.25, 0.3) is 0 Å². The fraction of sp³-hybridized carbons (Fsp3) is 0.211. The van der Waals surface area contributed by atoms with Crippen molar-refractivity contribution in [1.82, 2.24) is 14.6 Å². The Morgan fingerprint density at radius 2 is 2.00 bits per heavy atom. The zero-order chi connectivity index (χ0) is 17.5. The molecule has 0 aliphatic rings. The third-order valence-corrected chi connectivity index (χ3v) is 3.26. The molecule has 0 saturated heterocycles. The van der Waals surface area contributed by atoms with Gasteiger partial charge in [0.05, 0.1) is 18.9 Å². The molecule has 0 amide bonds. The van der Waals surface area contributed by atoms with Gasteiger partial charge in [0.15, 0.2) is 5.65 Å². The van der Waals surface area contributed by atoms with Crippen LogP contribution < -0.4 is 0 Å². The van der Waals surface area contributed by atoms with Gasteiger partial charge in [-0.25, -0.2) is 14.3 Å². The van der Waals surface area contributed by atoms with E-state index in [9.17, 15) is 4.79 Å². The summed E-state index contributed by atoms with van der Waals surface area (Å²) in [5, 5.41) is 4.21. The second-order valence-corrected chi connectivity index (χ2v) is 4.71. The van der Waals surface area contributed by atoms with Crippen molar-refractivity contribution < 1.29 is 9.53 Å². The minimum Gasteiger partial charge on any atom is -0.465 e. The second kappa shape index (κ2) is 7.93. The van der Waals surface area contributed by atoms with E-state index in [1.54, 1.807) is 29.0 Å². The maximum absolute atomic E-state index is 11.6. The standard InChI is InChI=1S/C17H13N3O2.C2H6/c1-12-5-6-14(17(21)22-2)10-13(12)7-8-15-11-18-16-4-3-9-19-20(15)16;1-2/h3-6,9-11H,1-2H3;1-2H3. The van der Waals surface area contributed by atoms with E-state index in [0.29, 0.717) is 11.3 Å². The number of hydrogen-bond acceptors (Lipinski definition) is 4. The molecule has 0 spiro atoms. The van der Waals surface area contributed by atoms with Crippen molar-refractivity contribution >= 4 is 11.6 Å². The number of esters is 1. The Morgan fingerprint density at radius 3 is 2.75 bits per heavy atom. The average Bonchev–Trinajstić information content (AvgIpc) is 3.05. The SMILES string of the molecule is CC.COC(=O)c1ccc(C)c(C#Cc2cnc3cccnn23)c1. The van der Waals surface area contributed by atoms with Crippen LogP contribution in [-0.2, 0) is 4.74 Å². The highest BCUT2D eigenvalue weighted by Crippen LogP contribution is 2.11. The molecule has 0 aliphatic carbocycles. The number of carbonyl (C=O) groups is 1. The summed E-state index contributed by atoms with van der Waals surface area (Å²) in [4.78, 5) is 15.8.